The van der Waals surface area contributed by atoms with Crippen molar-refractivity contribution in [2.45, 2.75) is 78.4 Å². The first-order valence-electron chi connectivity index (χ1n) is 26.6. The van der Waals surface area contributed by atoms with Crippen LogP contribution in [0.3, 0.4) is 0 Å². The maximum absolute atomic E-state index is 12.8. The van der Waals surface area contributed by atoms with Gasteiger partial charge < -0.3 is 70.2 Å². The van der Waals surface area contributed by atoms with E-state index in [1.165, 1.54) is 18.0 Å². The zero-order valence-corrected chi connectivity index (χ0v) is 46.2. The molecule has 430 valence electrons. The van der Waals surface area contributed by atoms with Crippen LogP contribution in [0.25, 0.3) is 33.1 Å². The minimum atomic E-state index is -1.17. The van der Waals surface area contributed by atoms with E-state index in [4.69, 9.17) is 49.6 Å². The lowest BCUT2D eigenvalue weighted by Gasteiger charge is -2.26. The number of carboxylic acids is 1. The van der Waals surface area contributed by atoms with E-state index in [1.54, 1.807) is 24.3 Å². The van der Waals surface area contributed by atoms with Crippen LogP contribution in [0.2, 0.25) is 0 Å². The normalized spacial score (nSPS) is 12.1. The molecule has 4 aromatic heterocycles. The van der Waals surface area contributed by atoms with Gasteiger partial charge in [0.1, 0.15) is 17.4 Å². The van der Waals surface area contributed by atoms with E-state index < -0.39 is 23.5 Å². The van der Waals surface area contributed by atoms with Crippen molar-refractivity contribution in [1.29, 1.82) is 0 Å². The highest BCUT2D eigenvalue weighted by Gasteiger charge is 2.25. The number of pyridine rings is 1. The number of H-pyrrole nitrogens is 1. The molecule has 79 heavy (non-hydrogen) atoms. The van der Waals surface area contributed by atoms with Crippen LogP contribution in [0.4, 0.5) is 17.5 Å². The molecule has 25 heteroatoms. The van der Waals surface area contributed by atoms with Crippen molar-refractivity contribution in [3.05, 3.63) is 82.2 Å². The minimum Gasteiger partial charge on any atom is -0.480 e. The lowest BCUT2D eigenvalue weighted by Crippen LogP contribution is -2.41. The number of anilines is 3. The van der Waals surface area contributed by atoms with Crippen LogP contribution < -0.4 is 33.0 Å². The topological polar surface area (TPSA) is 326 Å². The van der Waals surface area contributed by atoms with Gasteiger partial charge in [0.05, 0.1) is 115 Å². The molecule has 2 aromatic carbocycles. The third-order valence-electron chi connectivity index (χ3n) is 12.1. The second-order valence-corrected chi connectivity index (χ2v) is 20.3. The van der Waals surface area contributed by atoms with Gasteiger partial charge in [0.2, 0.25) is 11.9 Å². The van der Waals surface area contributed by atoms with Crippen LogP contribution in [0.15, 0.2) is 59.5 Å². The average Bonchev–Trinajstić information content (AvgIpc) is 3.86. The number of carbonyl (C=O) groups is 3. The Morgan fingerprint density at radius 1 is 0.785 bits per heavy atom. The second-order valence-electron chi connectivity index (χ2n) is 19.1. The van der Waals surface area contributed by atoms with Crippen LogP contribution in [-0.4, -0.2) is 168 Å². The van der Waals surface area contributed by atoms with Gasteiger partial charge >= 0.3 is 5.97 Å². The maximum Gasteiger partial charge on any atom is 0.326 e. The first kappa shape index (κ1) is 61.6. The van der Waals surface area contributed by atoms with Gasteiger partial charge in [0, 0.05) is 54.7 Å². The summed E-state index contributed by atoms with van der Waals surface area (Å²) >= 11 is 1.34. The Morgan fingerprint density at radius 3 is 2.10 bits per heavy atom. The number of imidazole rings is 1. The van der Waals surface area contributed by atoms with Gasteiger partial charge in [-0.2, -0.15) is 4.98 Å². The molecule has 6 aromatic rings. The van der Waals surface area contributed by atoms with E-state index >= 15 is 0 Å². The maximum atomic E-state index is 12.8. The smallest absolute Gasteiger partial charge is 0.326 e. The third kappa shape index (κ3) is 20.9. The summed E-state index contributed by atoms with van der Waals surface area (Å²) in [5.74, 6) is 0.192. The summed E-state index contributed by atoms with van der Waals surface area (Å²) in [4.78, 5) is 73.4. The number of benzene rings is 2. The van der Waals surface area contributed by atoms with Gasteiger partial charge in [-0.25, -0.2) is 24.7 Å². The van der Waals surface area contributed by atoms with Gasteiger partial charge in [0.15, 0.2) is 17.0 Å². The largest absolute Gasteiger partial charge is 0.480 e. The summed E-state index contributed by atoms with van der Waals surface area (Å²) in [6, 6.07) is 13.4. The molecule has 0 radical (unpaired) electrons. The molecule has 9 N–H and O–H groups in total. The molecular formula is C54H76N12O12S. The lowest BCUT2D eigenvalue weighted by atomic mass is 9.94. The molecule has 1 unspecified atom stereocenters. The summed E-state index contributed by atoms with van der Waals surface area (Å²) in [6.45, 7) is 13.9. The number of ether oxygens (including phenoxy) is 7. The van der Waals surface area contributed by atoms with Gasteiger partial charge in [-0.05, 0) is 55.3 Å². The number of hydrogen-bond donors (Lipinski definition) is 7. The number of aryl methyl sites for hydroxylation is 1. The first-order valence-corrected chi connectivity index (χ1v) is 27.8. The highest BCUT2D eigenvalue weighted by Crippen LogP contribution is 2.32. The predicted molar refractivity (Wildman–Crippen MR) is 302 cm³/mol. The number of aliphatic carboxylic acids is 1. The number of carboxylic acid groups (broad SMARTS) is 1. The molecule has 4 heterocycles. The molecule has 0 bridgehead atoms. The number of nitrogens with zero attached hydrogens (tertiary/aromatic N) is 6. The molecule has 0 saturated carbocycles. The number of rotatable bonds is 40. The monoisotopic (exact) mass is 1120 g/mol. The Morgan fingerprint density at radius 2 is 1.43 bits per heavy atom. The molecule has 0 aliphatic rings. The van der Waals surface area contributed by atoms with Crippen LogP contribution in [0.5, 0.6) is 0 Å². The fourth-order valence-corrected chi connectivity index (χ4v) is 8.84. The van der Waals surface area contributed by atoms with Crippen molar-refractivity contribution in [3.8, 4) is 0 Å². The zero-order chi connectivity index (χ0) is 56.2. The Balaban J connectivity index is 0.679. The van der Waals surface area contributed by atoms with Crippen molar-refractivity contribution in [2.24, 2.45) is 5.41 Å². The highest BCUT2D eigenvalue weighted by atomic mass is 32.2. The molecule has 2 amide bonds. The molecule has 1 atom stereocenters. The molecule has 0 aliphatic heterocycles. The SMILES string of the molecule is CCCCc1nc2c(N)nc3ccccc3c2n1CC(C)(C)COCCCOCCOCCOCCOCCOCCOCCC(=O)NCSCCC(NC(=O)c1ccc(NCc2cnc3nc(N)[nH]c(=O)c3n2)cc1)C(=O)O. The van der Waals surface area contributed by atoms with Crippen LogP contribution in [0, 0.1) is 5.41 Å². The number of para-hydroxylation sites is 1. The molecule has 0 aliphatic carbocycles. The van der Waals surface area contributed by atoms with Crippen LogP contribution in [-0.2, 0) is 62.3 Å². The highest BCUT2D eigenvalue weighted by molar-refractivity contribution is 7.99. The molecule has 6 rings (SSSR count). The number of nitrogens with one attached hydrogen (secondary N) is 4. The second kappa shape index (κ2) is 33.1. The van der Waals surface area contributed by atoms with E-state index in [0.717, 1.165) is 60.0 Å². The number of hydrogen-bond acceptors (Lipinski definition) is 20. The van der Waals surface area contributed by atoms with Crippen molar-refractivity contribution < 1.29 is 52.6 Å². The zero-order valence-electron chi connectivity index (χ0n) is 45.4. The number of amides is 2. The number of unbranched alkanes of at least 4 members (excludes halogenated alkanes) is 1. The lowest BCUT2D eigenvalue weighted by molar-refractivity contribution is -0.139. The van der Waals surface area contributed by atoms with Gasteiger partial charge in [0.25, 0.3) is 11.5 Å². The Bertz CT molecular complexity index is 2910. The summed E-state index contributed by atoms with van der Waals surface area (Å²) in [5, 5.41) is 19.2. The van der Waals surface area contributed by atoms with Gasteiger partial charge in [-0.1, -0.05) is 45.4 Å². The number of aromatic amines is 1. The fourth-order valence-electron chi connectivity index (χ4n) is 8.03. The van der Waals surface area contributed by atoms with Crippen LogP contribution in [0.1, 0.15) is 74.8 Å². The standard InChI is InChI=1S/C54H76N12O12S/c1-4-5-11-43-63-45-47(40-9-6-7-10-41(40)61-48(45)55)66(43)34-54(2,3)35-78-19-8-18-72-21-23-74-25-27-76-29-30-77-28-26-75-24-22-73-20-16-44(67)59-36-79-31-17-42(52(70)71)62-50(68)37-12-14-38(15-13-37)57-32-39-33-58-49-46(60-39)51(69)65-53(56)64-49/h6-7,9-10,12-15,33,42,57H,4-5,8,11,16-32,34-36H2,1-3H3,(H2,55,61)(H,59,67)(H,62,68)(H,70,71)(H3,56,58,64,65,69). The predicted octanol–water partition coefficient (Wildman–Crippen LogP) is 4.73. The minimum absolute atomic E-state index is 0.0516. The Hall–Kier alpha value is -6.58. The molecule has 0 spiro atoms. The van der Waals surface area contributed by atoms with Crippen LogP contribution >= 0.6 is 11.8 Å². The Labute approximate surface area is 463 Å². The van der Waals surface area contributed by atoms with Gasteiger partial charge in [-0.15, -0.1) is 11.8 Å². The summed E-state index contributed by atoms with van der Waals surface area (Å²) in [6.07, 6.45) is 5.58. The average molecular weight is 1120 g/mol. The third-order valence-corrected chi connectivity index (χ3v) is 12.9. The Kier molecular flexibility index (Phi) is 25.8. The summed E-state index contributed by atoms with van der Waals surface area (Å²) in [7, 11) is 0. The number of fused-ring (bicyclic) bond motifs is 4. The fraction of sp³-hybridized carbons (Fsp3) is 0.537. The van der Waals surface area contributed by atoms with Crippen molar-refractivity contribution in [1.82, 2.24) is 45.1 Å². The summed E-state index contributed by atoms with van der Waals surface area (Å²) in [5.41, 5.74) is 15.6. The number of carbonyl (C=O) groups excluding carboxylic acids is 2. The number of nitrogens with two attached hydrogens (primary N) is 2. The van der Waals surface area contributed by atoms with E-state index in [-0.39, 0.29) is 65.9 Å². The quantitative estimate of drug-likeness (QED) is 0.0202. The van der Waals surface area contributed by atoms with E-state index in [1.807, 2.05) is 18.2 Å². The van der Waals surface area contributed by atoms with Crippen molar-refractivity contribution >= 4 is 80.1 Å². The van der Waals surface area contributed by atoms with E-state index in [0.29, 0.717) is 109 Å². The van der Waals surface area contributed by atoms with E-state index in [9.17, 15) is 24.3 Å². The van der Waals surface area contributed by atoms with E-state index in [2.05, 4.69) is 72.3 Å². The number of nitrogen functional groups attached to an aromatic ring is 2. The number of thioether (sulfide) groups is 1. The summed E-state index contributed by atoms with van der Waals surface area (Å²) < 4.78 is 41.9. The molecular weight excluding hydrogens is 1040 g/mol. The molecule has 0 saturated heterocycles. The molecule has 24 nitrogen and oxygen atoms in total. The van der Waals surface area contributed by atoms with Crippen molar-refractivity contribution in [3.63, 3.8) is 0 Å². The van der Waals surface area contributed by atoms with Crippen molar-refractivity contribution in [2.75, 3.05) is 121 Å². The number of aromatic nitrogens is 7. The first-order chi connectivity index (χ1) is 38.3. The molecule has 0 fully saturated rings. The van der Waals surface area contributed by atoms with Gasteiger partial charge in [-0.3, -0.25) is 19.4 Å².